The second kappa shape index (κ2) is 4.97. The van der Waals surface area contributed by atoms with E-state index in [0.29, 0.717) is 17.2 Å². The molecule has 0 fully saturated rings. The Hall–Kier alpha value is -2.34. The number of para-hydroxylation sites is 1. The molecule has 3 rings (SSSR count). The van der Waals surface area contributed by atoms with Gasteiger partial charge in [0.15, 0.2) is 0 Å². The molecule has 0 bridgehead atoms. The first kappa shape index (κ1) is 12.7. The Labute approximate surface area is 123 Å². The topological polar surface area (TPSA) is 83.8 Å². The molecule has 0 radical (unpaired) electrons. The lowest BCUT2D eigenvalue weighted by Crippen LogP contribution is -2.13. The number of carbonyl (C=O) groups is 1. The average molecular weight is 331 g/mol. The molecule has 0 spiro atoms. The van der Waals surface area contributed by atoms with E-state index in [2.05, 4.69) is 31.2 Å². The number of nitrogen functional groups attached to an aromatic ring is 1. The minimum atomic E-state index is -0.264. The Bertz CT molecular complexity index is 797. The Morgan fingerprint density at radius 2 is 2.15 bits per heavy atom. The van der Waals surface area contributed by atoms with Crippen molar-refractivity contribution in [1.82, 2.24) is 9.97 Å². The third-order valence-corrected chi connectivity index (χ3v) is 3.56. The first-order chi connectivity index (χ1) is 9.65. The summed E-state index contributed by atoms with van der Waals surface area (Å²) in [6, 6.07) is 10.9. The van der Waals surface area contributed by atoms with Crippen LogP contribution in [-0.4, -0.2) is 15.9 Å². The number of amides is 1. The molecule has 4 N–H and O–H groups in total. The van der Waals surface area contributed by atoms with E-state index in [4.69, 9.17) is 5.73 Å². The van der Waals surface area contributed by atoms with E-state index in [9.17, 15) is 4.79 Å². The number of carbonyl (C=O) groups excluding carboxylic acids is 1. The van der Waals surface area contributed by atoms with Gasteiger partial charge < -0.3 is 16.0 Å². The maximum atomic E-state index is 12.2. The number of hydrogen-bond donors (Lipinski definition) is 3. The van der Waals surface area contributed by atoms with Gasteiger partial charge in [-0.15, -0.1) is 0 Å². The summed E-state index contributed by atoms with van der Waals surface area (Å²) in [5, 5.41) is 3.64. The second-order valence-electron chi connectivity index (χ2n) is 4.28. The van der Waals surface area contributed by atoms with Crippen molar-refractivity contribution in [1.29, 1.82) is 0 Å². The molecule has 5 nitrogen and oxygen atoms in total. The summed E-state index contributed by atoms with van der Waals surface area (Å²) in [6.45, 7) is 0. The van der Waals surface area contributed by atoms with Gasteiger partial charge in [0.25, 0.3) is 5.91 Å². The Morgan fingerprint density at radius 1 is 1.30 bits per heavy atom. The molecule has 0 aliphatic carbocycles. The fourth-order valence-corrected chi connectivity index (χ4v) is 2.31. The highest BCUT2D eigenvalue weighted by atomic mass is 79.9. The number of nitrogens with one attached hydrogen (secondary N) is 2. The zero-order valence-electron chi connectivity index (χ0n) is 10.4. The van der Waals surface area contributed by atoms with Crippen molar-refractivity contribution < 1.29 is 4.79 Å². The molecular formula is C14H11BrN4O. The van der Waals surface area contributed by atoms with Gasteiger partial charge in [0, 0.05) is 11.6 Å². The number of aromatic amines is 1. The van der Waals surface area contributed by atoms with Crippen molar-refractivity contribution >= 4 is 44.2 Å². The molecule has 0 saturated heterocycles. The zero-order chi connectivity index (χ0) is 14.1. The van der Waals surface area contributed by atoms with E-state index in [1.165, 1.54) is 0 Å². The molecule has 0 aliphatic rings. The van der Waals surface area contributed by atoms with Crippen LogP contribution in [0.15, 0.2) is 47.1 Å². The van der Waals surface area contributed by atoms with Crippen LogP contribution in [0, 0.1) is 0 Å². The third-order valence-electron chi connectivity index (χ3n) is 2.92. The Morgan fingerprint density at radius 3 is 2.90 bits per heavy atom. The molecule has 1 aromatic carbocycles. The monoisotopic (exact) mass is 330 g/mol. The number of hydrogen-bond acceptors (Lipinski definition) is 3. The SMILES string of the molecule is Nc1cccc2cc(C(=O)Nc3ncccc3Br)[nH]c12. The van der Waals surface area contributed by atoms with Crippen molar-refractivity contribution in [3.05, 3.63) is 52.8 Å². The van der Waals surface area contributed by atoms with E-state index in [0.717, 1.165) is 15.4 Å². The number of anilines is 2. The number of fused-ring (bicyclic) bond motifs is 1. The number of H-pyrrole nitrogens is 1. The average Bonchev–Trinajstić information content (AvgIpc) is 2.87. The van der Waals surface area contributed by atoms with Crippen LogP contribution >= 0.6 is 15.9 Å². The van der Waals surface area contributed by atoms with Crippen molar-refractivity contribution in [2.24, 2.45) is 0 Å². The molecule has 20 heavy (non-hydrogen) atoms. The predicted octanol–water partition coefficient (Wildman–Crippen LogP) is 3.16. The largest absolute Gasteiger partial charge is 0.397 e. The van der Waals surface area contributed by atoms with E-state index < -0.39 is 0 Å². The van der Waals surface area contributed by atoms with Crippen LogP contribution in [0.25, 0.3) is 10.9 Å². The van der Waals surface area contributed by atoms with Crippen molar-refractivity contribution in [3.8, 4) is 0 Å². The van der Waals surface area contributed by atoms with Crippen LogP contribution in [0.1, 0.15) is 10.5 Å². The number of benzene rings is 1. The predicted molar refractivity (Wildman–Crippen MR) is 82.6 cm³/mol. The number of pyridine rings is 1. The molecule has 0 atom stereocenters. The summed E-state index contributed by atoms with van der Waals surface area (Å²) in [6.07, 6.45) is 1.61. The molecule has 0 aliphatic heterocycles. The van der Waals surface area contributed by atoms with Gasteiger partial charge in [0.2, 0.25) is 0 Å². The quantitative estimate of drug-likeness (QED) is 0.631. The van der Waals surface area contributed by atoms with E-state index in [1.54, 1.807) is 24.4 Å². The van der Waals surface area contributed by atoms with Gasteiger partial charge in [-0.2, -0.15) is 0 Å². The van der Waals surface area contributed by atoms with E-state index in [1.807, 2.05) is 18.2 Å². The van der Waals surface area contributed by atoms with Crippen molar-refractivity contribution in [3.63, 3.8) is 0 Å². The molecule has 2 heterocycles. The molecule has 2 aromatic heterocycles. The van der Waals surface area contributed by atoms with Gasteiger partial charge in [0.05, 0.1) is 15.7 Å². The van der Waals surface area contributed by atoms with Crippen LogP contribution in [0.5, 0.6) is 0 Å². The number of nitrogens with zero attached hydrogens (tertiary/aromatic N) is 1. The first-order valence-corrected chi connectivity index (χ1v) is 6.73. The number of halogens is 1. The summed E-state index contributed by atoms with van der Waals surface area (Å²) in [5.74, 6) is 0.212. The highest BCUT2D eigenvalue weighted by Crippen LogP contribution is 2.23. The molecular weight excluding hydrogens is 320 g/mol. The lowest BCUT2D eigenvalue weighted by atomic mass is 10.2. The van der Waals surface area contributed by atoms with Gasteiger partial charge in [-0.05, 0) is 40.2 Å². The van der Waals surface area contributed by atoms with Gasteiger partial charge in [-0.3, -0.25) is 4.79 Å². The van der Waals surface area contributed by atoms with Gasteiger partial charge in [-0.1, -0.05) is 12.1 Å². The van der Waals surface area contributed by atoms with Crippen LogP contribution in [0.4, 0.5) is 11.5 Å². The fourth-order valence-electron chi connectivity index (χ4n) is 1.95. The van der Waals surface area contributed by atoms with Crippen molar-refractivity contribution in [2.45, 2.75) is 0 Å². The lowest BCUT2D eigenvalue weighted by molar-refractivity contribution is 0.102. The summed E-state index contributed by atoms with van der Waals surface area (Å²) in [5.41, 5.74) is 7.68. The maximum Gasteiger partial charge on any atom is 0.273 e. The highest BCUT2D eigenvalue weighted by Gasteiger charge is 2.12. The standard InChI is InChI=1S/C14H11BrN4O/c15-9-4-2-6-17-13(9)19-14(20)11-7-8-3-1-5-10(16)12(8)18-11/h1-7,18H,16H2,(H,17,19,20). The molecule has 1 amide bonds. The minimum Gasteiger partial charge on any atom is -0.397 e. The molecule has 100 valence electrons. The number of nitrogens with two attached hydrogens (primary N) is 1. The van der Waals surface area contributed by atoms with Crippen LogP contribution in [0.2, 0.25) is 0 Å². The molecule has 0 unspecified atom stereocenters. The molecule has 6 heteroatoms. The van der Waals surface area contributed by atoms with Gasteiger partial charge in [-0.25, -0.2) is 4.98 Å². The van der Waals surface area contributed by atoms with Crippen LogP contribution in [0.3, 0.4) is 0 Å². The Balaban J connectivity index is 1.93. The first-order valence-electron chi connectivity index (χ1n) is 5.94. The maximum absolute atomic E-state index is 12.2. The lowest BCUT2D eigenvalue weighted by Gasteiger charge is -2.04. The van der Waals surface area contributed by atoms with Gasteiger partial charge >= 0.3 is 0 Å². The normalized spacial score (nSPS) is 10.7. The smallest absolute Gasteiger partial charge is 0.273 e. The van der Waals surface area contributed by atoms with E-state index in [-0.39, 0.29) is 5.91 Å². The summed E-state index contributed by atoms with van der Waals surface area (Å²) in [7, 11) is 0. The van der Waals surface area contributed by atoms with Gasteiger partial charge in [0.1, 0.15) is 11.5 Å². The number of rotatable bonds is 2. The summed E-state index contributed by atoms with van der Waals surface area (Å²) < 4.78 is 0.726. The number of aromatic nitrogens is 2. The fraction of sp³-hybridized carbons (Fsp3) is 0. The summed E-state index contributed by atoms with van der Waals surface area (Å²) >= 11 is 3.34. The van der Waals surface area contributed by atoms with Crippen LogP contribution < -0.4 is 11.1 Å². The second-order valence-corrected chi connectivity index (χ2v) is 5.14. The summed E-state index contributed by atoms with van der Waals surface area (Å²) in [4.78, 5) is 19.3. The molecule has 3 aromatic rings. The Kier molecular flexibility index (Phi) is 3.15. The minimum absolute atomic E-state index is 0.264. The highest BCUT2D eigenvalue weighted by molar-refractivity contribution is 9.10. The zero-order valence-corrected chi connectivity index (χ0v) is 11.9. The van der Waals surface area contributed by atoms with E-state index >= 15 is 0 Å². The van der Waals surface area contributed by atoms with Crippen LogP contribution in [-0.2, 0) is 0 Å². The van der Waals surface area contributed by atoms with Crippen molar-refractivity contribution in [2.75, 3.05) is 11.1 Å². The molecule has 0 saturated carbocycles. The third kappa shape index (κ3) is 2.25.